The van der Waals surface area contributed by atoms with Gasteiger partial charge in [-0.1, -0.05) is 6.07 Å². The predicted molar refractivity (Wildman–Crippen MR) is 142 cm³/mol. The molecule has 6 nitrogen and oxygen atoms in total. The average Bonchev–Trinajstić information content (AvgIpc) is 3.50. The number of benzene rings is 2. The van der Waals surface area contributed by atoms with Crippen molar-refractivity contribution in [1.29, 1.82) is 0 Å². The first kappa shape index (κ1) is 24.2. The van der Waals surface area contributed by atoms with Crippen molar-refractivity contribution >= 4 is 5.97 Å². The number of aliphatic carboxylic acids is 1. The van der Waals surface area contributed by atoms with Crippen molar-refractivity contribution in [2.75, 3.05) is 6.61 Å². The van der Waals surface area contributed by atoms with E-state index in [4.69, 9.17) is 9.84 Å². The van der Waals surface area contributed by atoms with Gasteiger partial charge in [0.1, 0.15) is 11.6 Å². The zero-order valence-electron chi connectivity index (χ0n) is 21.4. The van der Waals surface area contributed by atoms with Crippen molar-refractivity contribution < 1.29 is 19.0 Å². The van der Waals surface area contributed by atoms with Crippen LogP contribution in [0.5, 0.6) is 5.75 Å². The lowest BCUT2D eigenvalue weighted by Gasteiger charge is -2.18. The highest BCUT2D eigenvalue weighted by Crippen LogP contribution is 2.44. The Morgan fingerprint density at radius 2 is 1.89 bits per heavy atom. The molecule has 1 N–H and O–H groups in total. The van der Waals surface area contributed by atoms with Crippen molar-refractivity contribution in [3.63, 3.8) is 0 Å². The summed E-state index contributed by atoms with van der Waals surface area (Å²) in [6.07, 6.45) is 9.14. The topological polar surface area (TPSA) is 85.2 Å². The third-order valence-electron chi connectivity index (χ3n) is 7.82. The molecule has 0 unspecified atom stereocenters. The van der Waals surface area contributed by atoms with Gasteiger partial charge in [0.25, 0.3) is 0 Å². The first-order valence-corrected chi connectivity index (χ1v) is 12.9. The molecule has 2 aliphatic rings. The van der Waals surface area contributed by atoms with Gasteiger partial charge >= 0.3 is 5.97 Å². The van der Waals surface area contributed by atoms with Gasteiger partial charge in [-0.15, -0.1) is 0 Å². The molecule has 0 bridgehead atoms. The lowest BCUT2D eigenvalue weighted by Crippen LogP contribution is -2.07. The minimum Gasteiger partial charge on any atom is -0.493 e. The Labute approximate surface area is 220 Å². The number of carboxylic acid groups (broad SMARTS) is 1. The van der Waals surface area contributed by atoms with Gasteiger partial charge in [-0.25, -0.2) is 4.39 Å². The van der Waals surface area contributed by atoms with Crippen LogP contribution in [0.25, 0.3) is 22.4 Å². The number of aryl methyl sites for hydroxylation is 2. The summed E-state index contributed by atoms with van der Waals surface area (Å²) >= 11 is 0. The first-order chi connectivity index (χ1) is 18.4. The van der Waals surface area contributed by atoms with Gasteiger partial charge in [0.15, 0.2) is 0 Å². The summed E-state index contributed by atoms with van der Waals surface area (Å²) in [5.74, 6) is -0.479. The van der Waals surface area contributed by atoms with Gasteiger partial charge < -0.3 is 9.84 Å². The monoisotopic (exact) mass is 509 g/mol. The van der Waals surface area contributed by atoms with Crippen LogP contribution in [0.4, 0.5) is 4.39 Å². The van der Waals surface area contributed by atoms with E-state index in [9.17, 15) is 4.79 Å². The maximum Gasteiger partial charge on any atom is 0.304 e. The minimum atomic E-state index is -0.849. The molecule has 2 atom stereocenters. The Hall–Kier alpha value is -4.13. The molecule has 0 spiro atoms. The van der Waals surface area contributed by atoms with Crippen LogP contribution in [0.15, 0.2) is 55.1 Å². The molecule has 2 aromatic carbocycles. The molecular formula is C31H28FN3O3. The standard InChI is InChI=1S/C31H28FN3O3/c1-17-9-20(27-15-33-7-8-34-27)10-18(2)30(17)23-5-6-26(32)31-19(3-4-24(23)31)11-22-13-28-25(14-35-22)21(16-38-28)12-29(36)37/h5-10,13-15,19,21H,3-4,11-12,16H2,1-2H3,(H,36,37)/t19-,21+/m0/s1. The highest BCUT2D eigenvalue weighted by atomic mass is 19.1. The van der Waals surface area contributed by atoms with Crippen LogP contribution in [0.2, 0.25) is 0 Å². The van der Waals surface area contributed by atoms with Crippen molar-refractivity contribution in [2.24, 2.45) is 0 Å². The summed E-state index contributed by atoms with van der Waals surface area (Å²) in [6, 6.07) is 9.66. The molecule has 0 radical (unpaired) electrons. The Morgan fingerprint density at radius 3 is 2.63 bits per heavy atom. The highest BCUT2D eigenvalue weighted by Gasteiger charge is 2.31. The molecule has 38 heavy (non-hydrogen) atoms. The van der Waals surface area contributed by atoms with Gasteiger partial charge in [-0.05, 0) is 90.6 Å². The van der Waals surface area contributed by atoms with E-state index in [0.717, 1.165) is 68.7 Å². The smallest absolute Gasteiger partial charge is 0.304 e. The Bertz CT molecular complexity index is 1530. The van der Waals surface area contributed by atoms with E-state index >= 15 is 4.39 Å². The largest absolute Gasteiger partial charge is 0.493 e. The molecule has 0 amide bonds. The Balaban J connectivity index is 1.31. The molecule has 1 aliphatic heterocycles. The van der Waals surface area contributed by atoms with Crippen LogP contribution in [0, 0.1) is 19.7 Å². The van der Waals surface area contributed by atoms with Crippen molar-refractivity contribution in [3.05, 3.63) is 94.4 Å². The van der Waals surface area contributed by atoms with Crippen LogP contribution in [-0.4, -0.2) is 32.6 Å². The van der Waals surface area contributed by atoms with Crippen LogP contribution < -0.4 is 4.74 Å². The summed E-state index contributed by atoms with van der Waals surface area (Å²) in [4.78, 5) is 24.4. The number of nitrogens with zero attached hydrogens (tertiary/aromatic N) is 3. The van der Waals surface area contributed by atoms with Gasteiger partial charge in [0, 0.05) is 47.4 Å². The van der Waals surface area contributed by atoms with E-state index in [0.29, 0.717) is 18.8 Å². The fraction of sp³-hybridized carbons (Fsp3) is 0.290. The van der Waals surface area contributed by atoms with Crippen LogP contribution in [-0.2, 0) is 17.6 Å². The minimum absolute atomic E-state index is 0.0196. The number of fused-ring (bicyclic) bond motifs is 2. The number of carboxylic acids is 1. The number of rotatable bonds is 6. The van der Waals surface area contributed by atoms with E-state index in [1.807, 2.05) is 12.1 Å². The number of halogens is 1. The lowest BCUT2D eigenvalue weighted by atomic mass is 9.87. The van der Waals surface area contributed by atoms with E-state index < -0.39 is 5.97 Å². The third kappa shape index (κ3) is 4.32. The molecule has 6 rings (SSSR count). The van der Waals surface area contributed by atoms with E-state index in [2.05, 4.69) is 40.9 Å². The molecular weight excluding hydrogens is 481 g/mol. The van der Waals surface area contributed by atoms with E-state index in [1.54, 1.807) is 30.9 Å². The molecule has 192 valence electrons. The fourth-order valence-corrected chi connectivity index (χ4v) is 6.18. The molecule has 0 fully saturated rings. The zero-order chi connectivity index (χ0) is 26.4. The SMILES string of the molecule is Cc1cc(-c2cnccn2)cc(C)c1-c1ccc(F)c2c1CC[C@H]2Cc1cc2c(cn1)[C@H](CC(=O)O)CO2. The van der Waals surface area contributed by atoms with Gasteiger partial charge in [0.2, 0.25) is 0 Å². The Morgan fingerprint density at radius 1 is 1.08 bits per heavy atom. The van der Waals surface area contributed by atoms with Crippen molar-refractivity contribution in [2.45, 2.75) is 51.4 Å². The molecule has 2 aromatic heterocycles. The predicted octanol–water partition coefficient (Wildman–Crippen LogP) is 6.18. The summed E-state index contributed by atoms with van der Waals surface area (Å²) < 4.78 is 21.1. The lowest BCUT2D eigenvalue weighted by molar-refractivity contribution is -0.137. The number of carbonyl (C=O) groups is 1. The second-order valence-corrected chi connectivity index (χ2v) is 10.3. The summed E-state index contributed by atoms with van der Waals surface area (Å²) in [6.45, 7) is 4.54. The summed E-state index contributed by atoms with van der Waals surface area (Å²) in [5, 5.41) is 9.15. The maximum absolute atomic E-state index is 15.3. The van der Waals surface area contributed by atoms with E-state index in [1.165, 1.54) is 0 Å². The third-order valence-corrected chi connectivity index (χ3v) is 7.82. The molecule has 7 heteroatoms. The molecule has 0 saturated carbocycles. The first-order valence-electron chi connectivity index (χ1n) is 12.9. The number of ether oxygens (including phenoxy) is 1. The van der Waals surface area contributed by atoms with Crippen molar-refractivity contribution in [3.8, 4) is 28.1 Å². The van der Waals surface area contributed by atoms with Crippen LogP contribution in [0.1, 0.15) is 58.2 Å². The number of aromatic nitrogens is 3. The second-order valence-electron chi connectivity index (χ2n) is 10.3. The molecule has 3 heterocycles. The quantitative estimate of drug-likeness (QED) is 0.334. The van der Waals surface area contributed by atoms with Gasteiger partial charge in [0.05, 0.1) is 24.9 Å². The fourth-order valence-electron chi connectivity index (χ4n) is 6.18. The summed E-state index contributed by atoms with van der Waals surface area (Å²) in [7, 11) is 0. The number of hydrogen-bond acceptors (Lipinski definition) is 5. The number of pyridine rings is 1. The molecule has 4 aromatic rings. The number of hydrogen-bond donors (Lipinski definition) is 1. The average molecular weight is 510 g/mol. The van der Waals surface area contributed by atoms with Gasteiger partial charge in [-0.2, -0.15) is 0 Å². The highest BCUT2D eigenvalue weighted by molar-refractivity contribution is 5.79. The summed E-state index contributed by atoms with van der Waals surface area (Å²) in [5.41, 5.74) is 9.86. The molecule has 1 aliphatic carbocycles. The normalized spacial score (nSPS) is 17.7. The van der Waals surface area contributed by atoms with Crippen molar-refractivity contribution in [1.82, 2.24) is 15.0 Å². The maximum atomic E-state index is 15.3. The second kappa shape index (κ2) is 9.63. The van der Waals surface area contributed by atoms with E-state index in [-0.39, 0.29) is 24.1 Å². The zero-order valence-corrected chi connectivity index (χ0v) is 21.4. The van der Waals surface area contributed by atoms with Crippen LogP contribution in [0.3, 0.4) is 0 Å². The van der Waals surface area contributed by atoms with Gasteiger partial charge in [-0.3, -0.25) is 19.7 Å². The molecule has 0 saturated heterocycles. The van der Waals surface area contributed by atoms with Crippen LogP contribution >= 0.6 is 0 Å². The Kier molecular flexibility index (Phi) is 6.14.